The molecule has 0 aliphatic carbocycles. The first kappa shape index (κ1) is 9.85. The fraction of sp³-hybridized carbons (Fsp3) is 0.250. The van der Waals surface area contributed by atoms with Gasteiger partial charge in [0, 0.05) is 7.05 Å². The summed E-state index contributed by atoms with van der Waals surface area (Å²) in [6.45, 7) is 3.22. The zero-order valence-corrected chi connectivity index (χ0v) is 5.81. The molecule has 0 saturated heterocycles. The lowest BCUT2D eigenvalue weighted by Crippen LogP contribution is -2.13. The molecule has 0 saturated carbocycles. The molecule has 0 heterocycles. The van der Waals surface area contributed by atoms with Gasteiger partial charge in [0.1, 0.15) is 0 Å². The highest BCUT2D eigenvalue weighted by atomic mass is 79.9. The van der Waals surface area contributed by atoms with Gasteiger partial charge in [0.05, 0.1) is 0 Å². The molecule has 2 nitrogen and oxygen atoms in total. The number of halogens is 1. The minimum atomic E-state index is -0.144. The zero-order valence-electron chi connectivity index (χ0n) is 4.10. The number of likely N-dealkylation sites (N-methyl/N-ethyl adjacent to an activating group) is 1. The summed E-state index contributed by atoms with van der Waals surface area (Å²) in [6.07, 6.45) is 1.22. The van der Waals surface area contributed by atoms with Gasteiger partial charge in [-0.15, -0.1) is 17.0 Å². The third-order valence-electron chi connectivity index (χ3n) is 0.432. The maximum Gasteiger partial charge on any atom is 0.243 e. The van der Waals surface area contributed by atoms with Crippen LogP contribution in [0.1, 0.15) is 0 Å². The van der Waals surface area contributed by atoms with Crippen LogP contribution in [0.2, 0.25) is 0 Å². The van der Waals surface area contributed by atoms with Crippen LogP contribution in [-0.2, 0) is 4.79 Å². The van der Waals surface area contributed by atoms with E-state index in [0.717, 1.165) is 0 Å². The van der Waals surface area contributed by atoms with E-state index < -0.39 is 0 Å². The Kier molecular flexibility index (Phi) is 8.00. The second-order valence-electron chi connectivity index (χ2n) is 0.818. The van der Waals surface area contributed by atoms with Crippen molar-refractivity contribution in [3.63, 3.8) is 0 Å². The Morgan fingerprint density at radius 3 is 2.29 bits per heavy atom. The first-order valence-corrected chi connectivity index (χ1v) is 1.65. The van der Waals surface area contributed by atoms with E-state index in [9.17, 15) is 4.79 Å². The number of nitrogens with one attached hydrogen (secondary N) is 1. The number of hydrogen-bond acceptors (Lipinski definition) is 1. The van der Waals surface area contributed by atoms with E-state index in [2.05, 4.69) is 11.9 Å². The van der Waals surface area contributed by atoms with E-state index in [0.29, 0.717) is 0 Å². The normalized spacial score (nSPS) is 5.86. The van der Waals surface area contributed by atoms with Crippen LogP contribution in [0.4, 0.5) is 0 Å². The van der Waals surface area contributed by atoms with Crippen molar-refractivity contribution < 1.29 is 4.79 Å². The van der Waals surface area contributed by atoms with Crippen LogP contribution in [0.25, 0.3) is 0 Å². The van der Waals surface area contributed by atoms with E-state index >= 15 is 0 Å². The summed E-state index contributed by atoms with van der Waals surface area (Å²) in [5.74, 6) is -0.144. The highest BCUT2D eigenvalue weighted by Crippen LogP contribution is 1.56. The lowest BCUT2D eigenvalue weighted by molar-refractivity contribution is -0.116. The van der Waals surface area contributed by atoms with Crippen LogP contribution in [0, 0.1) is 0 Å². The Morgan fingerprint density at radius 1 is 1.86 bits per heavy atom. The van der Waals surface area contributed by atoms with Gasteiger partial charge >= 0.3 is 0 Å². The van der Waals surface area contributed by atoms with Crippen molar-refractivity contribution >= 4 is 22.9 Å². The maximum absolute atomic E-state index is 9.95. The maximum atomic E-state index is 9.95. The highest BCUT2D eigenvalue weighted by molar-refractivity contribution is 8.93. The second kappa shape index (κ2) is 5.69. The molecule has 0 aromatic rings. The minimum Gasteiger partial charge on any atom is -0.356 e. The topological polar surface area (TPSA) is 29.1 Å². The Morgan fingerprint density at radius 2 is 2.29 bits per heavy atom. The molecule has 7 heavy (non-hydrogen) atoms. The SMILES string of the molecule is Br.C=CC(=O)NC. The molecular weight excluding hydrogens is 158 g/mol. The predicted octanol–water partition coefficient (Wildman–Crippen LogP) is 0.496. The molecule has 0 radical (unpaired) electrons. The zero-order chi connectivity index (χ0) is 4.99. The van der Waals surface area contributed by atoms with E-state index in [-0.39, 0.29) is 22.9 Å². The molecule has 0 spiro atoms. The van der Waals surface area contributed by atoms with Crippen molar-refractivity contribution in [2.75, 3.05) is 7.05 Å². The fourth-order valence-electron chi connectivity index (χ4n) is 0.102. The van der Waals surface area contributed by atoms with Gasteiger partial charge in [-0.05, 0) is 6.08 Å². The Labute approximate surface area is 53.4 Å². The average Bonchev–Trinajstić information content (AvgIpc) is 1.65. The van der Waals surface area contributed by atoms with Gasteiger partial charge in [0.2, 0.25) is 5.91 Å². The van der Waals surface area contributed by atoms with Gasteiger partial charge in [-0.3, -0.25) is 4.79 Å². The van der Waals surface area contributed by atoms with Crippen LogP contribution >= 0.6 is 17.0 Å². The molecular formula is C4H8BrNO. The lowest BCUT2D eigenvalue weighted by Gasteiger charge is -1.82. The number of amides is 1. The van der Waals surface area contributed by atoms with Crippen LogP contribution in [0.15, 0.2) is 12.7 Å². The molecule has 1 amide bonds. The van der Waals surface area contributed by atoms with Crippen LogP contribution in [0.5, 0.6) is 0 Å². The molecule has 0 aromatic heterocycles. The molecule has 1 N–H and O–H groups in total. The largest absolute Gasteiger partial charge is 0.356 e. The summed E-state index contributed by atoms with van der Waals surface area (Å²) in [6, 6.07) is 0. The number of hydrogen-bond donors (Lipinski definition) is 1. The molecule has 0 bridgehead atoms. The van der Waals surface area contributed by atoms with Crippen molar-refractivity contribution in [1.82, 2.24) is 5.32 Å². The van der Waals surface area contributed by atoms with Crippen LogP contribution < -0.4 is 5.32 Å². The van der Waals surface area contributed by atoms with E-state index in [1.54, 1.807) is 7.05 Å². The summed E-state index contributed by atoms with van der Waals surface area (Å²) >= 11 is 0. The number of rotatable bonds is 1. The van der Waals surface area contributed by atoms with Crippen molar-refractivity contribution in [3.8, 4) is 0 Å². The summed E-state index contributed by atoms with van der Waals surface area (Å²) < 4.78 is 0. The van der Waals surface area contributed by atoms with Crippen molar-refractivity contribution in [2.24, 2.45) is 0 Å². The molecule has 3 heteroatoms. The van der Waals surface area contributed by atoms with Gasteiger partial charge in [-0.2, -0.15) is 0 Å². The van der Waals surface area contributed by atoms with Crippen molar-refractivity contribution in [3.05, 3.63) is 12.7 Å². The standard InChI is InChI=1S/C4H7NO.BrH/c1-3-4(6)5-2;/h3H,1H2,2H3,(H,5,6);1H. The number of carbonyl (C=O) groups excluding carboxylic acids is 1. The summed E-state index contributed by atoms with van der Waals surface area (Å²) in [7, 11) is 1.56. The Bertz CT molecular complexity index is 72.1. The van der Waals surface area contributed by atoms with E-state index in [4.69, 9.17) is 0 Å². The monoisotopic (exact) mass is 165 g/mol. The Balaban J connectivity index is 0. The fourth-order valence-corrected chi connectivity index (χ4v) is 0.102. The summed E-state index contributed by atoms with van der Waals surface area (Å²) in [5.41, 5.74) is 0. The Hall–Kier alpha value is -0.310. The first-order valence-electron chi connectivity index (χ1n) is 1.65. The van der Waals surface area contributed by atoms with Crippen molar-refractivity contribution in [1.29, 1.82) is 0 Å². The molecule has 0 aliphatic heterocycles. The van der Waals surface area contributed by atoms with Crippen molar-refractivity contribution in [2.45, 2.75) is 0 Å². The molecule has 0 atom stereocenters. The van der Waals surface area contributed by atoms with Crippen LogP contribution in [-0.4, -0.2) is 13.0 Å². The van der Waals surface area contributed by atoms with E-state index in [1.807, 2.05) is 0 Å². The average molecular weight is 166 g/mol. The van der Waals surface area contributed by atoms with E-state index in [1.165, 1.54) is 6.08 Å². The van der Waals surface area contributed by atoms with Gasteiger partial charge < -0.3 is 5.32 Å². The molecule has 0 aromatic carbocycles. The molecule has 0 rings (SSSR count). The van der Waals surface area contributed by atoms with Gasteiger partial charge in [-0.1, -0.05) is 6.58 Å². The highest BCUT2D eigenvalue weighted by Gasteiger charge is 1.78. The second-order valence-corrected chi connectivity index (χ2v) is 0.818. The summed E-state index contributed by atoms with van der Waals surface area (Å²) in [4.78, 5) is 9.95. The smallest absolute Gasteiger partial charge is 0.243 e. The quantitative estimate of drug-likeness (QED) is 0.564. The minimum absolute atomic E-state index is 0. The molecule has 0 unspecified atom stereocenters. The number of carbonyl (C=O) groups is 1. The van der Waals surface area contributed by atoms with Gasteiger partial charge in [-0.25, -0.2) is 0 Å². The molecule has 0 aliphatic rings. The van der Waals surface area contributed by atoms with Gasteiger partial charge in [0.15, 0.2) is 0 Å². The lowest BCUT2D eigenvalue weighted by atomic mass is 10.6. The first-order chi connectivity index (χ1) is 2.81. The third-order valence-corrected chi connectivity index (χ3v) is 0.432. The van der Waals surface area contributed by atoms with Crippen LogP contribution in [0.3, 0.4) is 0 Å². The third kappa shape index (κ3) is 5.69. The predicted molar refractivity (Wildman–Crippen MR) is 34.6 cm³/mol. The molecule has 0 fully saturated rings. The molecule has 42 valence electrons. The van der Waals surface area contributed by atoms with Gasteiger partial charge in [0.25, 0.3) is 0 Å². The summed E-state index contributed by atoms with van der Waals surface area (Å²) in [5, 5.41) is 2.36.